The van der Waals surface area contributed by atoms with Crippen LogP contribution in [0.15, 0.2) is 0 Å². The summed E-state index contributed by atoms with van der Waals surface area (Å²) in [5, 5.41) is 0. The highest BCUT2D eigenvalue weighted by molar-refractivity contribution is 4.89. The highest BCUT2D eigenvalue weighted by atomic mass is 15.2. The summed E-state index contributed by atoms with van der Waals surface area (Å²) in [7, 11) is 0. The zero-order chi connectivity index (χ0) is 13.2. The van der Waals surface area contributed by atoms with E-state index in [0.717, 1.165) is 24.4 Å². The molecule has 0 radical (unpaired) electrons. The van der Waals surface area contributed by atoms with Gasteiger partial charge in [0, 0.05) is 12.6 Å². The first-order chi connectivity index (χ1) is 8.50. The number of likely N-dealkylation sites (tertiary alicyclic amines) is 1. The maximum Gasteiger partial charge on any atom is 0.0103 e. The van der Waals surface area contributed by atoms with Gasteiger partial charge >= 0.3 is 0 Å². The molecule has 3 atom stereocenters. The van der Waals surface area contributed by atoms with Crippen molar-refractivity contribution in [2.45, 2.75) is 65.3 Å². The Morgan fingerprint density at radius 2 is 2.06 bits per heavy atom. The topological polar surface area (TPSA) is 29.3 Å². The summed E-state index contributed by atoms with van der Waals surface area (Å²) < 4.78 is 0. The third kappa shape index (κ3) is 3.71. The van der Waals surface area contributed by atoms with Crippen LogP contribution in [0.1, 0.15) is 59.3 Å². The lowest BCUT2D eigenvalue weighted by Crippen LogP contribution is -2.47. The quantitative estimate of drug-likeness (QED) is 0.835. The lowest BCUT2D eigenvalue weighted by molar-refractivity contribution is 0.0384. The molecule has 106 valence electrons. The summed E-state index contributed by atoms with van der Waals surface area (Å²) >= 11 is 0. The third-order valence-electron chi connectivity index (χ3n) is 5.01. The second-order valence-electron chi connectivity index (χ2n) is 7.65. The van der Waals surface area contributed by atoms with Gasteiger partial charge < -0.3 is 10.6 Å². The predicted molar refractivity (Wildman–Crippen MR) is 78.6 cm³/mol. The van der Waals surface area contributed by atoms with Crippen molar-refractivity contribution >= 4 is 0 Å². The highest BCUT2D eigenvalue weighted by Crippen LogP contribution is 2.41. The van der Waals surface area contributed by atoms with Crippen LogP contribution in [0.3, 0.4) is 0 Å². The Kier molecular flexibility index (Phi) is 4.71. The van der Waals surface area contributed by atoms with Gasteiger partial charge in [0.1, 0.15) is 0 Å². The van der Waals surface area contributed by atoms with Gasteiger partial charge in [0.2, 0.25) is 0 Å². The first-order valence-corrected chi connectivity index (χ1v) is 7.94. The molecule has 2 heteroatoms. The molecule has 1 aliphatic carbocycles. The third-order valence-corrected chi connectivity index (χ3v) is 5.01. The Hall–Kier alpha value is -0.0800. The van der Waals surface area contributed by atoms with Gasteiger partial charge in [-0.2, -0.15) is 0 Å². The van der Waals surface area contributed by atoms with Crippen LogP contribution in [0.2, 0.25) is 0 Å². The molecule has 0 aromatic rings. The van der Waals surface area contributed by atoms with Crippen molar-refractivity contribution in [2.75, 3.05) is 19.6 Å². The molecule has 0 spiro atoms. The average Bonchev–Trinajstić information content (AvgIpc) is 2.27. The number of hydrogen-bond donors (Lipinski definition) is 1. The van der Waals surface area contributed by atoms with E-state index < -0.39 is 0 Å². The molecule has 1 heterocycles. The van der Waals surface area contributed by atoms with E-state index in [0.29, 0.717) is 5.41 Å². The fourth-order valence-electron chi connectivity index (χ4n) is 4.47. The molecular weight excluding hydrogens is 220 g/mol. The minimum Gasteiger partial charge on any atom is -0.330 e. The largest absolute Gasteiger partial charge is 0.330 e. The van der Waals surface area contributed by atoms with Gasteiger partial charge in [-0.25, -0.2) is 0 Å². The molecule has 1 saturated heterocycles. The van der Waals surface area contributed by atoms with Crippen LogP contribution in [-0.4, -0.2) is 30.6 Å². The van der Waals surface area contributed by atoms with Crippen LogP contribution in [-0.2, 0) is 0 Å². The second kappa shape index (κ2) is 5.92. The van der Waals surface area contributed by atoms with Crippen LogP contribution < -0.4 is 5.73 Å². The van der Waals surface area contributed by atoms with Crippen LogP contribution >= 0.6 is 0 Å². The smallest absolute Gasteiger partial charge is 0.0103 e. The zero-order valence-electron chi connectivity index (χ0n) is 12.6. The number of nitrogens with zero attached hydrogens (tertiary/aromatic N) is 1. The van der Waals surface area contributed by atoms with Gasteiger partial charge in [-0.1, -0.05) is 20.8 Å². The van der Waals surface area contributed by atoms with Crippen molar-refractivity contribution < 1.29 is 0 Å². The number of piperidine rings is 1. The molecule has 2 fully saturated rings. The maximum atomic E-state index is 5.73. The van der Waals surface area contributed by atoms with E-state index >= 15 is 0 Å². The summed E-state index contributed by atoms with van der Waals surface area (Å²) in [6, 6.07) is 0.837. The molecular formula is C16H32N2. The Balaban J connectivity index is 1.93. The van der Waals surface area contributed by atoms with E-state index in [1.54, 1.807) is 0 Å². The molecule has 0 aromatic heterocycles. The molecule has 0 bridgehead atoms. The van der Waals surface area contributed by atoms with Crippen molar-refractivity contribution in [3.05, 3.63) is 0 Å². The number of rotatable bonds is 3. The van der Waals surface area contributed by atoms with Crippen LogP contribution in [0.25, 0.3) is 0 Å². The van der Waals surface area contributed by atoms with Crippen molar-refractivity contribution in [2.24, 2.45) is 23.0 Å². The van der Waals surface area contributed by atoms with Gasteiger partial charge in [-0.15, -0.1) is 0 Å². The Bertz CT molecular complexity index is 260. The molecule has 18 heavy (non-hydrogen) atoms. The van der Waals surface area contributed by atoms with Gasteiger partial charge in [0.05, 0.1) is 0 Å². The average molecular weight is 252 g/mol. The number of hydrogen-bond acceptors (Lipinski definition) is 2. The van der Waals surface area contributed by atoms with E-state index in [-0.39, 0.29) is 0 Å². The van der Waals surface area contributed by atoms with Gasteiger partial charge in [-0.3, -0.25) is 0 Å². The minimum atomic E-state index is 0.545. The van der Waals surface area contributed by atoms with E-state index in [9.17, 15) is 0 Å². The summed E-state index contributed by atoms with van der Waals surface area (Å²) in [5.74, 6) is 1.76. The maximum absolute atomic E-state index is 5.73. The molecule has 2 aliphatic rings. The normalized spacial score (nSPS) is 37.7. The molecule has 0 aromatic carbocycles. The molecule has 2 N–H and O–H groups in total. The van der Waals surface area contributed by atoms with E-state index in [1.165, 1.54) is 51.6 Å². The first-order valence-electron chi connectivity index (χ1n) is 7.94. The molecule has 1 saturated carbocycles. The lowest BCUT2D eigenvalue weighted by atomic mass is 9.70. The zero-order valence-corrected chi connectivity index (χ0v) is 12.6. The van der Waals surface area contributed by atoms with Crippen LogP contribution in [0, 0.1) is 17.3 Å². The molecule has 3 unspecified atom stereocenters. The fraction of sp³-hybridized carbons (Fsp3) is 1.00. The van der Waals surface area contributed by atoms with E-state index in [1.807, 2.05) is 0 Å². The van der Waals surface area contributed by atoms with Crippen LogP contribution in [0.5, 0.6) is 0 Å². The fourth-order valence-corrected chi connectivity index (χ4v) is 4.47. The van der Waals surface area contributed by atoms with E-state index in [4.69, 9.17) is 5.73 Å². The monoisotopic (exact) mass is 252 g/mol. The molecule has 1 aliphatic heterocycles. The van der Waals surface area contributed by atoms with E-state index in [2.05, 4.69) is 25.7 Å². The predicted octanol–water partition coefficient (Wildman–Crippen LogP) is 3.26. The first kappa shape index (κ1) is 14.3. The standard InChI is InChI=1S/C16H32N2/c1-13-9-15(11-16(2,3)10-13)18-8-4-5-14(12-18)6-7-17/h13-15H,4-12,17H2,1-3H3. The summed E-state index contributed by atoms with van der Waals surface area (Å²) in [6.07, 6.45) is 8.23. The second-order valence-corrected chi connectivity index (χ2v) is 7.65. The molecule has 2 rings (SSSR count). The summed E-state index contributed by atoms with van der Waals surface area (Å²) in [5.41, 5.74) is 6.27. The van der Waals surface area contributed by atoms with Crippen molar-refractivity contribution in [1.82, 2.24) is 4.90 Å². The van der Waals surface area contributed by atoms with Gasteiger partial charge in [0.25, 0.3) is 0 Å². The van der Waals surface area contributed by atoms with Gasteiger partial charge in [-0.05, 0) is 68.9 Å². The Labute approximate surface area is 113 Å². The van der Waals surface area contributed by atoms with Crippen molar-refractivity contribution in [1.29, 1.82) is 0 Å². The summed E-state index contributed by atoms with van der Waals surface area (Å²) in [4.78, 5) is 2.79. The SMILES string of the molecule is CC1CC(N2CCCC(CCN)C2)CC(C)(C)C1. The Morgan fingerprint density at radius 3 is 2.72 bits per heavy atom. The number of nitrogens with two attached hydrogens (primary N) is 1. The van der Waals surface area contributed by atoms with Crippen LogP contribution in [0.4, 0.5) is 0 Å². The molecule has 2 nitrogen and oxygen atoms in total. The minimum absolute atomic E-state index is 0.545. The van der Waals surface area contributed by atoms with Crippen molar-refractivity contribution in [3.63, 3.8) is 0 Å². The lowest BCUT2D eigenvalue weighted by Gasteiger charge is -2.46. The van der Waals surface area contributed by atoms with Crippen molar-refractivity contribution in [3.8, 4) is 0 Å². The Morgan fingerprint density at radius 1 is 1.28 bits per heavy atom. The highest BCUT2D eigenvalue weighted by Gasteiger charge is 2.36. The summed E-state index contributed by atoms with van der Waals surface area (Å²) in [6.45, 7) is 10.9. The molecule has 0 amide bonds. The van der Waals surface area contributed by atoms with Gasteiger partial charge in [0.15, 0.2) is 0 Å².